The second kappa shape index (κ2) is 11.0. The molecular weight excluding hydrogens is 426 g/mol. The Hall–Kier alpha value is -2.26. The fourth-order valence-corrected chi connectivity index (χ4v) is 5.29. The summed E-state index contributed by atoms with van der Waals surface area (Å²) in [7, 11) is -3.49. The van der Waals surface area contributed by atoms with Gasteiger partial charge in [-0.25, -0.2) is 8.42 Å². The molecule has 1 atom stereocenters. The van der Waals surface area contributed by atoms with Gasteiger partial charge in [-0.2, -0.15) is 4.31 Å². The van der Waals surface area contributed by atoms with Crippen LogP contribution in [-0.2, 0) is 21.3 Å². The van der Waals surface area contributed by atoms with Gasteiger partial charge in [0.05, 0.1) is 24.2 Å². The molecule has 0 aliphatic carbocycles. The predicted octanol–water partition coefficient (Wildman–Crippen LogP) is 3.04. The zero-order valence-corrected chi connectivity index (χ0v) is 19.9. The number of hydrogen-bond acceptors (Lipinski definition) is 5. The number of nitrogens with zero attached hydrogens (tertiary/aromatic N) is 2. The lowest BCUT2D eigenvalue weighted by molar-refractivity contribution is 0.0342. The molecule has 3 rings (SSSR count). The molecule has 2 aromatic rings. The quantitative estimate of drug-likeness (QED) is 0.624. The number of amides is 1. The molecule has 1 N–H and O–H groups in total. The number of ether oxygens (including phenoxy) is 1. The van der Waals surface area contributed by atoms with E-state index in [0.717, 1.165) is 44.0 Å². The van der Waals surface area contributed by atoms with Crippen molar-refractivity contribution in [1.82, 2.24) is 14.5 Å². The first-order valence-electron chi connectivity index (χ1n) is 11.1. The number of nitrogens with one attached hydrogen (secondary N) is 1. The van der Waals surface area contributed by atoms with Gasteiger partial charge < -0.3 is 10.1 Å². The van der Waals surface area contributed by atoms with Crippen molar-refractivity contribution in [2.75, 3.05) is 39.4 Å². The number of hydrogen-bond donors (Lipinski definition) is 1. The molecule has 8 heteroatoms. The van der Waals surface area contributed by atoms with Crippen LogP contribution in [0.25, 0.3) is 0 Å². The van der Waals surface area contributed by atoms with Crippen LogP contribution >= 0.6 is 0 Å². The van der Waals surface area contributed by atoms with E-state index in [2.05, 4.69) is 10.2 Å². The first kappa shape index (κ1) is 24.4. The van der Waals surface area contributed by atoms with Gasteiger partial charge in [-0.3, -0.25) is 9.69 Å². The molecule has 0 spiro atoms. The predicted molar refractivity (Wildman–Crippen MR) is 125 cm³/mol. The summed E-state index contributed by atoms with van der Waals surface area (Å²) in [6, 6.07) is 14.2. The van der Waals surface area contributed by atoms with E-state index in [-0.39, 0.29) is 16.8 Å². The molecule has 0 radical (unpaired) electrons. The Morgan fingerprint density at radius 1 is 1.09 bits per heavy atom. The molecule has 1 fully saturated rings. The van der Waals surface area contributed by atoms with E-state index >= 15 is 0 Å². The van der Waals surface area contributed by atoms with E-state index < -0.39 is 10.0 Å². The summed E-state index contributed by atoms with van der Waals surface area (Å²) in [5, 5.41) is 3.01. The van der Waals surface area contributed by atoms with E-state index in [1.165, 1.54) is 4.31 Å². The van der Waals surface area contributed by atoms with Crippen LogP contribution in [-0.4, -0.2) is 62.9 Å². The Balaban J connectivity index is 1.65. The fraction of sp³-hybridized carbons (Fsp3) is 0.458. The van der Waals surface area contributed by atoms with E-state index in [9.17, 15) is 13.2 Å². The highest BCUT2D eigenvalue weighted by atomic mass is 32.2. The highest BCUT2D eigenvalue weighted by Gasteiger charge is 2.22. The largest absolute Gasteiger partial charge is 0.379 e. The first-order valence-corrected chi connectivity index (χ1v) is 12.6. The maximum Gasteiger partial charge on any atom is 0.251 e. The average molecular weight is 460 g/mol. The number of benzene rings is 2. The summed E-state index contributed by atoms with van der Waals surface area (Å²) in [5.74, 6) is -0.152. The van der Waals surface area contributed by atoms with E-state index in [1.54, 1.807) is 24.3 Å². The van der Waals surface area contributed by atoms with Crippen molar-refractivity contribution in [3.05, 3.63) is 65.2 Å². The molecule has 32 heavy (non-hydrogen) atoms. The number of carbonyl (C=O) groups excluding carboxylic acids is 1. The third kappa shape index (κ3) is 5.95. The second-order valence-corrected chi connectivity index (χ2v) is 9.88. The Bertz CT molecular complexity index is 998. The van der Waals surface area contributed by atoms with Crippen LogP contribution < -0.4 is 5.32 Å². The molecule has 0 aromatic heterocycles. The van der Waals surface area contributed by atoms with Gasteiger partial charge in [-0.15, -0.1) is 0 Å². The number of morpholine rings is 1. The van der Waals surface area contributed by atoms with Crippen molar-refractivity contribution < 1.29 is 17.9 Å². The number of rotatable bonds is 9. The molecule has 2 aromatic carbocycles. The topological polar surface area (TPSA) is 79.0 Å². The monoisotopic (exact) mass is 459 g/mol. The van der Waals surface area contributed by atoms with Gasteiger partial charge in [0.1, 0.15) is 0 Å². The van der Waals surface area contributed by atoms with Crippen LogP contribution in [0.1, 0.15) is 48.3 Å². The van der Waals surface area contributed by atoms with Crippen LogP contribution in [0.15, 0.2) is 53.4 Å². The van der Waals surface area contributed by atoms with Gasteiger partial charge in [-0.1, -0.05) is 38.1 Å². The lowest BCUT2D eigenvalue weighted by atomic mass is 10.1. The highest BCUT2D eigenvalue weighted by Crippen LogP contribution is 2.20. The summed E-state index contributed by atoms with van der Waals surface area (Å²) in [6.07, 6.45) is 0. The highest BCUT2D eigenvalue weighted by molar-refractivity contribution is 7.89. The van der Waals surface area contributed by atoms with E-state index in [0.29, 0.717) is 18.7 Å². The molecule has 1 aliphatic heterocycles. The first-order chi connectivity index (χ1) is 15.3. The van der Waals surface area contributed by atoms with Crippen LogP contribution in [0.5, 0.6) is 0 Å². The van der Waals surface area contributed by atoms with Crippen LogP contribution in [0, 0.1) is 0 Å². The third-order valence-corrected chi connectivity index (χ3v) is 7.83. The minimum absolute atomic E-state index is 0.152. The van der Waals surface area contributed by atoms with E-state index in [4.69, 9.17) is 4.74 Å². The van der Waals surface area contributed by atoms with Crippen molar-refractivity contribution in [2.45, 2.75) is 38.3 Å². The molecule has 1 saturated heterocycles. The number of sulfonamides is 1. The SMILES string of the molecule is CCN(CC)S(=O)(=O)c1ccc(C(C)NC(=O)c2cccc(CN3CCOCC3)c2)cc1. The lowest BCUT2D eigenvalue weighted by Crippen LogP contribution is -2.35. The third-order valence-electron chi connectivity index (χ3n) is 5.77. The molecule has 1 aliphatic rings. The standard InChI is InChI=1S/C24H33N3O4S/c1-4-27(5-2)32(29,30)23-11-9-21(10-12-23)19(3)25-24(28)22-8-6-7-20(17-22)18-26-13-15-31-16-14-26/h6-12,17,19H,4-5,13-16,18H2,1-3H3,(H,25,28). The molecular formula is C24H33N3O4S. The maximum absolute atomic E-state index is 12.8. The van der Waals surface area contributed by atoms with Gasteiger partial charge >= 0.3 is 0 Å². The maximum atomic E-state index is 12.8. The normalized spacial score (nSPS) is 16.1. The zero-order valence-electron chi connectivity index (χ0n) is 19.1. The smallest absolute Gasteiger partial charge is 0.251 e. The molecule has 0 bridgehead atoms. The minimum atomic E-state index is -3.49. The Morgan fingerprint density at radius 3 is 2.38 bits per heavy atom. The summed E-state index contributed by atoms with van der Waals surface area (Å²) < 4.78 is 32.1. The van der Waals surface area contributed by atoms with Crippen molar-refractivity contribution >= 4 is 15.9 Å². The van der Waals surface area contributed by atoms with Gasteiger partial charge in [0.2, 0.25) is 10.0 Å². The van der Waals surface area contributed by atoms with Gasteiger partial charge in [-0.05, 0) is 42.3 Å². The fourth-order valence-electron chi connectivity index (χ4n) is 3.83. The van der Waals surface area contributed by atoms with Crippen molar-refractivity contribution in [3.8, 4) is 0 Å². The lowest BCUT2D eigenvalue weighted by Gasteiger charge is -2.26. The average Bonchev–Trinajstić information content (AvgIpc) is 2.80. The Kier molecular flexibility index (Phi) is 8.42. The van der Waals surface area contributed by atoms with E-state index in [1.807, 2.05) is 45.0 Å². The van der Waals surface area contributed by atoms with Crippen molar-refractivity contribution in [1.29, 1.82) is 0 Å². The Labute approximate surface area is 191 Å². The number of carbonyl (C=O) groups is 1. The summed E-state index contributed by atoms with van der Waals surface area (Å²) in [6.45, 7) is 10.5. The molecule has 1 amide bonds. The van der Waals surface area contributed by atoms with Crippen LogP contribution in [0.4, 0.5) is 0 Å². The molecule has 7 nitrogen and oxygen atoms in total. The van der Waals surface area contributed by atoms with Gasteiger partial charge in [0.25, 0.3) is 5.91 Å². The molecule has 174 valence electrons. The van der Waals surface area contributed by atoms with Crippen molar-refractivity contribution in [3.63, 3.8) is 0 Å². The van der Waals surface area contributed by atoms with Crippen molar-refractivity contribution in [2.24, 2.45) is 0 Å². The van der Waals surface area contributed by atoms with Crippen LogP contribution in [0.3, 0.4) is 0 Å². The Morgan fingerprint density at radius 2 is 1.75 bits per heavy atom. The van der Waals surface area contributed by atoms with Crippen LogP contribution in [0.2, 0.25) is 0 Å². The van der Waals surface area contributed by atoms with Gasteiger partial charge in [0, 0.05) is 38.3 Å². The summed E-state index contributed by atoms with van der Waals surface area (Å²) >= 11 is 0. The second-order valence-electron chi connectivity index (χ2n) is 7.94. The summed E-state index contributed by atoms with van der Waals surface area (Å²) in [4.78, 5) is 15.4. The molecule has 0 saturated carbocycles. The van der Waals surface area contributed by atoms with Gasteiger partial charge in [0.15, 0.2) is 0 Å². The molecule has 1 unspecified atom stereocenters. The minimum Gasteiger partial charge on any atom is -0.379 e. The zero-order chi connectivity index (χ0) is 23.1. The molecule has 1 heterocycles. The summed E-state index contributed by atoms with van der Waals surface area (Å²) in [5.41, 5.74) is 2.56.